The van der Waals surface area contributed by atoms with Crippen LogP contribution in [0.3, 0.4) is 0 Å². The average molecular weight is 242 g/mol. The van der Waals surface area contributed by atoms with Crippen LogP contribution >= 0.6 is 0 Å². The highest BCUT2D eigenvalue weighted by Crippen LogP contribution is 2.18. The fourth-order valence-electron chi connectivity index (χ4n) is 2.15. The Hall–Kier alpha value is -0.610. The molecule has 1 unspecified atom stereocenters. The molecular weight excluding hydrogens is 216 g/mol. The minimum absolute atomic E-state index is 0.184. The van der Waals surface area contributed by atoms with Gasteiger partial charge in [0, 0.05) is 20.2 Å². The van der Waals surface area contributed by atoms with Gasteiger partial charge < -0.3 is 15.0 Å². The molecule has 0 aromatic heterocycles. The maximum atomic E-state index is 12.2. The summed E-state index contributed by atoms with van der Waals surface area (Å²) in [4.78, 5) is 14.1. The number of hydrogen-bond acceptors (Lipinski definition) is 3. The van der Waals surface area contributed by atoms with Crippen molar-refractivity contribution in [2.24, 2.45) is 0 Å². The van der Waals surface area contributed by atoms with E-state index in [0.717, 1.165) is 32.4 Å². The van der Waals surface area contributed by atoms with Crippen molar-refractivity contribution >= 4 is 5.91 Å². The van der Waals surface area contributed by atoms with Gasteiger partial charge in [-0.15, -0.1) is 0 Å². The highest BCUT2D eigenvalue weighted by Gasteiger charge is 2.27. The molecule has 1 rings (SSSR count). The zero-order chi connectivity index (χ0) is 12.9. The number of methoxy groups -OCH3 is 1. The topological polar surface area (TPSA) is 41.6 Å². The summed E-state index contributed by atoms with van der Waals surface area (Å²) in [6.45, 7) is 5.98. The van der Waals surface area contributed by atoms with E-state index >= 15 is 0 Å². The molecule has 0 aromatic rings. The van der Waals surface area contributed by atoms with Crippen molar-refractivity contribution in [1.29, 1.82) is 0 Å². The Morgan fingerprint density at radius 3 is 2.76 bits per heavy atom. The molecule has 0 bridgehead atoms. The molecule has 1 saturated heterocycles. The SMILES string of the molecule is COC(C)(C)CC(=O)N(C)C1CCCNCC1. The first kappa shape index (κ1) is 14.5. The van der Waals surface area contributed by atoms with Gasteiger partial charge in [0.05, 0.1) is 12.0 Å². The van der Waals surface area contributed by atoms with Gasteiger partial charge in [0.1, 0.15) is 0 Å². The van der Waals surface area contributed by atoms with Gasteiger partial charge in [0.15, 0.2) is 0 Å². The highest BCUT2D eigenvalue weighted by molar-refractivity contribution is 5.77. The van der Waals surface area contributed by atoms with E-state index in [9.17, 15) is 4.79 Å². The van der Waals surface area contributed by atoms with Gasteiger partial charge in [-0.3, -0.25) is 4.79 Å². The van der Waals surface area contributed by atoms with Gasteiger partial charge in [-0.2, -0.15) is 0 Å². The fourth-order valence-corrected chi connectivity index (χ4v) is 2.15. The zero-order valence-electron chi connectivity index (χ0n) is 11.6. The van der Waals surface area contributed by atoms with Crippen LogP contribution in [0.5, 0.6) is 0 Å². The Morgan fingerprint density at radius 2 is 2.12 bits per heavy atom. The van der Waals surface area contributed by atoms with Crippen LogP contribution in [0.15, 0.2) is 0 Å². The summed E-state index contributed by atoms with van der Waals surface area (Å²) in [6.07, 6.45) is 3.75. The largest absolute Gasteiger partial charge is 0.378 e. The number of carbonyl (C=O) groups excluding carboxylic acids is 1. The Morgan fingerprint density at radius 1 is 1.41 bits per heavy atom. The molecule has 0 aromatic carbocycles. The fraction of sp³-hybridized carbons (Fsp3) is 0.923. The lowest BCUT2D eigenvalue weighted by atomic mass is 10.0. The molecule has 0 spiro atoms. The maximum Gasteiger partial charge on any atom is 0.225 e. The number of carbonyl (C=O) groups is 1. The van der Waals surface area contributed by atoms with Crippen LogP contribution in [0.25, 0.3) is 0 Å². The summed E-state index contributed by atoms with van der Waals surface area (Å²) in [5, 5.41) is 3.37. The molecule has 4 heteroatoms. The first-order valence-corrected chi connectivity index (χ1v) is 6.48. The third-order valence-corrected chi connectivity index (χ3v) is 3.62. The van der Waals surface area contributed by atoms with Gasteiger partial charge in [0.2, 0.25) is 5.91 Å². The van der Waals surface area contributed by atoms with E-state index in [1.807, 2.05) is 25.8 Å². The number of rotatable bonds is 4. The first-order chi connectivity index (χ1) is 7.96. The second-order valence-corrected chi connectivity index (χ2v) is 5.48. The van der Waals surface area contributed by atoms with E-state index in [1.165, 1.54) is 0 Å². The van der Waals surface area contributed by atoms with Gasteiger partial charge in [-0.1, -0.05) is 0 Å². The zero-order valence-corrected chi connectivity index (χ0v) is 11.6. The Labute approximate surface area is 105 Å². The Kier molecular flexibility index (Phi) is 5.40. The molecular formula is C13H26N2O2. The van der Waals surface area contributed by atoms with E-state index in [4.69, 9.17) is 4.74 Å². The minimum Gasteiger partial charge on any atom is -0.378 e. The molecule has 1 fully saturated rings. The van der Waals surface area contributed by atoms with Crippen molar-refractivity contribution in [3.63, 3.8) is 0 Å². The van der Waals surface area contributed by atoms with Crippen LogP contribution in [-0.4, -0.2) is 49.7 Å². The van der Waals surface area contributed by atoms with Crippen LogP contribution in [0, 0.1) is 0 Å². The molecule has 1 atom stereocenters. The third-order valence-electron chi connectivity index (χ3n) is 3.62. The van der Waals surface area contributed by atoms with Gasteiger partial charge in [0.25, 0.3) is 0 Å². The molecule has 1 amide bonds. The molecule has 0 radical (unpaired) electrons. The number of ether oxygens (including phenoxy) is 1. The standard InChI is InChI=1S/C13H26N2O2/c1-13(2,17-4)10-12(16)15(3)11-6-5-8-14-9-7-11/h11,14H,5-10H2,1-4H3. The van der Waals surface area contributed by atoms with Crippen molar-refractivity contribution in [2.75, 3.05) is 27.2 Å². The predicted molar refractivity (Wildman–Crippen MR) is 69.0 cm³/mol. The quantitative estimate of drug-likeness (QED) is 0.810. The molecule has 17 heavy (non-hydrogen) atoms. The number of nitrogens with one attached hydrogen (secondary N) is 1. The molecule has 100 valence electrons. The predicted octanol–water partition coefficient (Wildman–Crippen LogP) is 1.40. The minimum atomic E-state index is -0.367. The highest BCUT2D eigenvalue weighted by atomic mass is 16.5. The molecule has 4 nitrogen and oxygen atoms in total. The van der Waals surface area contributed by atoms with Crippen LogP contribution < -0.4 is 5.32 Å². The van der Waals surface area contributed by atoms with Crippen LogP contribution in [0.1, 0.15) is 39.5 Å². The van der Waals surface area contributed by atoms with Crippen molar-refractivity contribution < 1.29 is 9.53 Å². The molecule has 0 aliphatic carbocycles. The van der Waals surface area contributed by atoms with Crippen LogP contribution in [-0.2, 0) is 9.53 Å². The summed E-state index contributed by atoms with van der Waals surface area (Å²) in [5.41, 5.74) is -0.367. The number of hydrogen-bond donors (Lipinski definition) is 1. The smallest absolute Gasteiger partial charge is 0.225 e. The first-order valence-electron chi connectivity index (χ1n) is 6.48. The lowest BCUT2D eigenvalue weighted by molar-refractivity contribution is -0.137. The summed E-state index contributed by atoms with van der Waals surface area (Å²) in [7, 11) is 3.58. The van der Waals surface area contributed by atoms with Crippen molar-refractivity contribution in [1.82, 2.24) is 10.2 Å². The molecule has 1 heterocycles. The van der Waals surface area contributed by atoms with E-state index in [0.29, 0.717) is 12.5 Å². The number of nitrogens with zero attached hydrogens (tertiary/aromatic N) is 1. The molecule has 1 N–H and O–H groups in total. The average Bonchev–Trinajstić information content (AvgIpc) is 2.56. The van der Waals surface area contributed by atoms with E-state index in [1.54, 1.807) is 7.11 Å². The van der Waals surface area contributed by atoms with E-state index in [2.05, 4.69) is 5.32 Å². The second-order valence-electron chi connectivity index (χ2n) is 5.48. The third kappa shape index (κ3) is 4.64. The summed E-state index contributed by atoms with van der Waals surface area (Å²) in [6, 6.07) is 0.380. The lowest BCUT2D eigenvalue weighted by Crippen LogP contribution is -2.41. The van der Waals surface area contributed by atoms with Crippen molar-refractivity contribution in [3.8, 4) is 0 Å². The maximum absolute atomic E-state index is 12.2. The van der Waals surface area contributed by atoms with E-state index < -0.39 is 0 Å². The van der Waals surface area contributed by atoms with Gasteiger partial charge >= 0.3 is 0 Å². The number of amides is 1. The summed E-state index contributed by atoms with van der Waals surface area (Å²) < 4.78 is 5.31. The summed E-state index contributed by atoms with van der Waals surface area (Å²) in [5.74, 6) is 0.184. The van der Waals surface area contributed by atoms with Crippen LogP contribution in [0.2, 0.25) is 0 Å². The van der Waals surface area contributed by atoms with Gasteiger partial charge in [-0.05, 0) is 46.2 Å². The second kappa shape index (κ2) is 6.36. The van der Waals surface area contributed by atoms with Crippen LogP contribution in [0.4, 0.5) is 0 Å². The van der Waals surface area contributed by atoms with Gasteiger partial charge in [-0.25, -0.2) is 0 Å². The lowest BCUT2D eigenvalue weighted by Gasteiger charge is -2.30. The Balaban J connectivity index is 2.50. The monoisotopic (exact) mass is 242 g/mol. The molecule has 1 aliphatic rings. The summed E-state index contributed by atoms with van der Waals surface area (Å²) >= 11 is 0. The molecule has 1 aliphatic heterocycles. The van der Waals surface area contributed by atoms with Crippen molar-refractivity contribution in [2.45, 2.75) is 51.2 Å². The molecule has 0 saturated carbocycles. The normalized spacial score (nSPS) is 22.0. The van der Waals surface area contributed by atoms with E-state index in [-0.39, 0.29) is 11.5 Å². The van der Waals surface area contributed by atoms with Crippen molar-refractivity contribution in [3.05, 3.63) is 0 Å². The Bertz CT molecular complexity index is 246.